The molecule has 0 radical (unpaired) electrons. The van der Waals surface area contributed by atoms with Gasteiger partial charge in [0.05, 0.1) is 12.7 Å². The van der Waals surface area contributed by atoms with E-state index in [1.165, 1.54) is 36.3 Å². The van der Waals surface area contributed by atoms with Crippen LogP contribution in [0.3, 0.4) is 0 Å². The van der Waals surface area contributed by atoms with Crippen LogP contribution in [-0.4, -0.2) is 34.9 Å². The second kappa shape index (κ2) is 8.99. The number of nitrogens with zero attached hydrogens (tertiary/aromatic N) is 2. The summed E-state index contributed by atoms with van der Waals surface area (Å²) in [6, 6.07) is 6.73. The van der Waals surface area contributed by atoms with Gasteiger partial charge >= 0.3 is 5.97 Å². The third-order valence-corrected chi connectivity index (χ3v) is 4.69. The number of nitrogens with one attached hydrogen (secondary N) is 1. The quantitative estimate of drug-likeness (QED) is 0.268. The van der Waals surface area contributed by atoms with Crippen LogP contribution in [-0.2, 0) is 9.53 Å². The zero-order chi connectivity index (χ0) is 17.4. The molecule has 0 unspecified atom stereocenters. The Hall–Kier alpha value is -2.45. The van der Waals surface area contributed by atoms with Crippen molar-refractivity contribution in [2.75, 3.05) is 18.2 Å². The third kappa shape index (κ3) is 5.32. The van der Waals surface area contributed by atoms with Crippen molar-refractivity contribution in [3.05, 3.63) is 54.1 Å². The van der Waals surface area contributed by atoms with Gasteiger partial charge in [0.15, 0.2) is 4.34 Å². The normalized spacial score (nSPS) is 10.5. The molecule has 8 heteroatoms. The number of thioether (sulfide) groups is 1. The number of hydrogen-bond donors (Lipinski definition) is 1. The van der Waals surface area contributed by atoms with Gasteiger partial charge in [-0.1, -0.05) is 41.3 Å². The average Bonchev–Trinajstić information content (AvgIpc) is 3.05. The lowest BCUT2D eigenvalue weighted by atomic mass is 10.1. The lowest BCUT2D eigenvalue weighted by Gasteiger charge is -1.99. The zero-order valence-corrected chi connectivity index (χ0v) is 14.5. The highest BCUT2D eigenvalue weighted by molar-refractivity contribution is 8.01. The lowest BCUT2D eigenvalue weighted by Crippen LogP contribution is -2.07. The maximum absolute atomic E-state index is 11.9. The first-order chi connectivity index (χ1) is 11.6. The van der Waals surface area contributed by atoms with E-state index in [1.807, 2.05) is 0 Å². The molecule has 0 aliphatic rings. The average molecular weight is 361 g/mol. The zero-order valence-electron chi connectivity index (χ0n) is 12.9. The number of esters is 1. The molecular weight excluding hydrogens is 346 g/mol. The molecule has 0 saturated carbocycles. The first-order valence-electron chi connectivity index (χ1n) is 6.87. The summed E-state index contributed by atoms with van der Waals surface area (Å²) in [5.41, 5.74) is 1.25. The van der Waals surface area contributed by atoms with Crippen LogP contribution in [0.15, 0.2) is 47.3 Å². The number of anilines is 1. The van der Waals surface area contributed by atoms with E-state index in [-0.39, 0.29) is 5.91 Å². The Morgan fingerprint density at radius 2 is 2.08 bits per heavy atom. The molecule has 2 rings (SSSR count). The van der Waals surface area contributed by atoms with E-state index < -0.39 is 5.97 Å². The second-order valence-corrected chi connectivity index (χ2v) is 6.65. The molecule has 1 N–H and O–H groups in total. The molecular formula is C16H15N3O3S2. The molecule has 0 bridgehead atoms. The highest BCUT2D eigenvalue weighted by Crippen LogP contribution is 2.25. The number of carbonyl (C=O) groups is 2. The Morgan fingerprint density at radius 1 is 1.33 bits per heavy atom. The summed E-state index contributed by atoms with van der Waals surface area (Å²) in [6.45, 7) is 3.64. The van der Waals surface area contributed by atoms with Crippen LogP contribution in [0.25, 0.3) is 6.08 Å². The fourth-order valence-corrected chi connectivity index (χ4v) is 3.13. The van der Waals surface area contributed by atoms with Gasteiger partial charge in [0.2, 0.25) is 11.0 Å². The van der Waals surface area contributed by atoms with Gasteiger partial charge in [-0.3, -0.25) is 10.1 Å². The van der Waals surface area contributed by atoms with Crippen LogP contribution in [0.5, 0.6) is 0 Å². The Balaban J connectivity index is 1.91. The number of ether oxygens (including phenoxy) is 1. The SMILES string of the molecule is C=CCSc1nnc(NC(=O)/C=C/c2ccc(C(=O)OC)cc2)s1. The van der Waals surface area contributed by atoms with E-state index in [2.05, 4.69) is 26.8 Å². The van der Waals surface area contributed by atoms with E-state index in [0.29, 0.717) is 10.7 Å². The van der Waals surface area contributed by atoms with Crippen molar-refractivity contribution >= 4 is 46.2 Å². The van der Waals surface area contributed by atoms with Gasteiger partial charge in [-0.25, -0.2) is 4.79 Å². The highest BCUT2D eigenvalue weighted by atomic mass is 32.2. The number of rotatable bonds is 7. The van der Waals surface area contributed by atoms with Crippen LogP contribution in [0.2, 0.25) is 0 Å². The molecule has 0 aliphatic carbocycles. The minimum absolute atomic E-state index is 0.302. The molecule has 24 heavy (non-hydrogen) atoms. The number of amides is 1. The van der Waals surface area contributed by atoms with Crippen LogP contribution in [0, 0.1) is 0 Å². The summed E-state index contributed by atoms with van der Waals surface area (Å²) in [5.74, 6) is 0.0393. The summed E-state index contributed by atoms with van der Waals surface area (Å²) in [7, 11) is 1.33. The smallest absolute Gasteiger partial charge is 0.337 e. The summed E-state index contributed by atoms with van der Waals surface area (Å²) in [5, 5.41) is 11.0. The van der Waals surface area contributed by atoms with Gasteiger partial charge in [-0.05, 0) is 23.8 Å². The first kappa shape index (κ1) is 17.9. The number of hydrogen-bond acceptors (Lipinski definition) is 7. The molecule has 1 heterocycles. The number of carbonyl (C=O) groups excluding carboxylic acids is 2. The highest BCUT2D eigenvalue weighted by Gasteiger charge is 2.06. The standard InChI is InChI=1S/C16H15N3O3S2/c1-3-10-23-16-19-18-15(24-16)17-13(20)9-6-11-4-7-12(8-5-11)14(21)22-2/h3-9H,1,10H2,2H3,(H,17,18,20)/b9-6+. The third-order valence-electron chi connectivity index (χ3n) is 2.72. The molecule has 0 fully saturated rings. The molecule has 1 amide bonds. The molecule has 2 aromatic rings. The van der Waals surface area contributed by atoms with E-state index >= 15 is 0 Å². The summed E-state index contributed by atoms with van der Waals surface area (Å²) >= 11 is 2.81. The minimum Gasteiger partial charge on any atom is -0.465 e. The van der Waals surface area contributed by atoms with Crippen molar-refractivity contribution in [2.45, 2.75) is 4.34 Å². The Morgan fingerprint density at radius 3 is 2.75 bits per heavy atom. The fourth-order valence-electron chi connectivity index (χ4n) is 1.62. The van der Waals surface area contributed by atoms with E-state index in [0.717, 1.165) is 15.7 Å². The molecule has 1 aromatic heterocycles. The lowest BCUT2D eigenvalue weighted by molar-refractivity contribution is -0.111. The van der Waals surface area contributed by atoms with Gasteiger partial charge in [0.1, 0.15) is 0 Å². The van der Waals surface area contributed by atoms with Gasteiger partial charge in [0.25, 0.3) is 0 Å². The molecule has 124 valence electrons. The van der Waals surface area contributed by atoms with Crippen molar-refractivity contribution in [1.82, 2.24) is 10.2 Å². The van der Waals surface area contributed by atoms with Crippen molar-refractivity contribution in [2.24, 2.45) is 0 Å². The molecule has 0 aliphatic heterocycles. The molecule has 6 nitrogen and oxygen atoms in total. The number of aromatic nitrogens is 2. The second-order valence-electron chi connectivity index (χ2n) is 4.41. The molecule has 0 atom stereocenters. The number of benzene rings is 1. The Labute approximate surface area is 147 Å². The van der Waals surface area contributed by atoms with E-state index in [9.17, 15) is 9.59 Å². The first-order valence-corrected chi connectivity index (χ1v) is 8.67. The van der Waals surface area contributed by atoms with Crippen molar-refractivity contribution in [3.8, 4) is 0 Å². The van der Waals surface area contributed by atoms with Crippen LogP contribution < -0.4 is 5.32 Å². The van der Waals surface area contributed by atoms with Crippen molar-refractivity contribution in [1.29, 1.82) is 0 Å². The van der Waals surface area contributed by atoms with Crippen LogP contribution in [0.4, 0.5) is 5.13 Å². The predicted molar refractivity (Wildman–Crippen MR) is 96.3 cm³/mol. The molecule has 0 spiro atoms. The van der Waals surface area contributed by atoms with E-state index in [4.69, 9.17) is 0 Å². The van der Waals surface area contributed by atoms with Crippen molar-refractivity contribution < 1.29 is 14.3 Å². The van der Waals surface area contributed by atoms with Gasteiger partial charge in [0, 0.05) is 11.8 Å². The topological polar surface area (TPSA) is 81.2 Å². The van der Waals surface area contributed by atoms with E-state index in [1.54, 1.807) is 36.4 Å². The summed E-state index contributed by atoms with van der Waals surface area (Å²) < 4.78 is 5.40. The molecule has 1 aromatic carbocycles. The Kier molecular flexibility index (Phi) is 6.71. The van der Waals surface area contributed by atoms with Gasteiger partial charge in [-0.15, -0.1) is 16.8 Å². The van der Waals surface area contributed by atoms with Crippen molar-refractivity contribution in [3.63, 3.8) is 0 Å². The predicted octanol–water partition coefficient (Wildman–Crippen LogP) is 3.25. The van der Waals surface area contributed by atoms with Gasteiger partial charge in [-0.2, -0.15) is 0 Å². The maximum Gasteiger partial charge on any atom is 0.337 e. The fraction of sp³-hybridized carbons (Fsp3) is 0.125. The van der Waals surface area contributed by atoms with Crippen LogP contribution in [0.1, 0.15) is 15.9 Å². The Bertz CT molecular complexity index is 754. The number of methoxy groups -OCH3 is 1. The maximum atomic E-state index is 11.9. The summed E-state index contributed by atoms with van der Waals surface area (Å²) in [4.78, 5) is 23.2. The van der Waals surface area contributed by atoms with Gasteiger partial charge < -0.3 is 4.74 Å². The minimum atomic E-state index is -0.398. The monoisotopic (exact) mass is 361 g/mol. The summed E-state index contributed by atoms with van der Waals surface area (Å²) in [6.07, 6.45) is 4.81. The largest absolute Gasteiger partial charge is 0.465 e. The van der Waals surface area contributed by atoms with Crippen LogP contribution >= 0.6 is 23.1 Å². The molecule has 0 saturated heterocycles.